The van der Waals surface area contributed by atoms with Gasteiger partial charge in [0, 0.05) is 10.8 Å². The van der Waals surface area contributed by atoms with Crippen LogP contribution >= 0.6 is 0 Å². The molecule has 0 saturated carbocycles. The Labute approximate surface area is 136 Å². The molecule has 0 unspecified atom stereocenters. The average molecular weight is 308 g/mol. The Morgan fingerprint density at radius 3 is 2.70 bits per heavy atom. The van der Waals surface area contributed by atoms with Gasteiger partial charge in [0.1, 0.15) is 16.9 Å². The van der Waals surface area contributed by atoms with Crippen molar-refractivity contribution in [3.63, 3.8) is 0 Å². The van der Waals surface area contributed by atoms with E-state index in [1.165, 1.54) is 16.1 Å². The van der Waals surface area contributed by atoms with E-state index in [0.717, 1.165) is 40.6 Å². The SMILES string of the molecule is C=Cc1/c(=C\CC)c(=C(C)CC)n2c1[nH]c1c(O)ccc(C)c12. The third kappa shape index (κ3) is 2.11. The van der Waals surface area contributed by atoms with E-state index in [-0.39, 0.29) is 5.75 Å². The van der Waals surface area contributed by atoms with Crippen LogP contribution in [0.15, 0.2) is 18.7 Å². The number of H-pyrrole nitrogens is 1. The molecule has 0 aliphatic rings. The number of nitrogens with zero attached hydrogens (tertiary/aromatic N) is 1. The molecule has 1 aromatic carbocycles. The molecule has 0 aliphatic heterocycles. The summed E-state index contributed by atoms with van der Waals surface area (Å²) in [6.45, 7) is 12.6. The molecule has 23 heavy (non-hydrogen) atoms. The number of benzene rings is 1. The molecule has 0 radical (unpaired) electrons. The molecular formula is C20H24N2O. The van der Waals surface area contributed by atoms with Gasteiger partial charge >= 0.3 is 0 Å². The van der Waals surface area contributed by atoms with Crippen LogP contribution in [0.3, 0.4) is 0 Å². The lowest BCUT2D eigenvalue weighted by atomic mass is 10.1. The van der Waals surface area contributed by atoms with Crippen molar-refractivity contribution in [1.29, 1.82) is 0 Å². The molecule has 2 heterocycles. The van der Waals surface area contributed by atoms with Gasteiger partial charge in [0.2, 0.25) is 0 Å². The molecule has 3 heteroatoms. The van der Waals surface area contributed by atoms with Gasteiger partial charge in [-0.15, -0.1) is 0 Å². The van der Waals surface area contributed by atoms with E-state index >= 15 is 0 Å². The van der Waals surface area contributed by atoms with Crippen LogP contribution in [-0.4, -0.2) is 14.5 Å². The Hall–Kier alpha value is -2.42. The van der Waals surface area contributed by atoms with Gasteiger partial charge in [-0.25, -0.2) is 0 Å². The maximum Gasteiger partial charge on any atom is 0.141 e. The van der Waals surface area contributed by atoms with Crippen LogP contribution in [0.25, 0.3) is 34.4 Å². The second-order valence-corrected chi connectivity index (χ2v) is 6.06. The highest BCUT2D eigenvalue weighted by atomic mass is 16.3. The lowest BCUT2D eigenvalue weighted by Gasteiger charge is -2.02. The summed E-state index contributed by atoms with van der Waals surface area (Å²) in [7, 11) is 0. The summed E-state index contributed by atoms with van der Waals surface area (Å²) in [5, 5.41) is 12.7. The number of aromatic hydroxyl groups is 1. The minimum Gasteiger partial charge on any atom is -0.506 e. The third-order valence-corrected chi connectivity index (χ3v) is 4.62. The Kier molecular flexibility index (Phi) is 3.80. The normalized spacial score (nSPS) is 14.0. The Morgan fingerprint density at radius 1 is 1.35 bits per heavy atom. The standard InChI is InChI=1S/C20H24N2O/c1-6-9-15-14(8-3)20-21-17-16(23)11-10-13(5)19(17)22(20)18(15)12(4)7-2/h8-11,21,23H,3,6-7H2,1-2,4-5H3/b15-9+,18-12?. The summed E-state index contributed by atoms with van der Waals surface area (Å²) < 4.78 is 2.25. The number of phenols is 1. The molecule has 0 saturated heterocycles. The van der Waals surface area contributed by atoms with Crippen LogP contribution in [0.2, 0.25) is 0 Å². The average Bonchev–Trinajstić information content (AvgIpc) is 3.05. The summed E-state index contributed by atoms with van der Waals surface area (Å²) in [4.78, 5) is 3.41. The van der Waals surface area contributed by atoms with Gasteiger partial charge in [0.15, 0.2) is 0 Å². The van der Waals surface area contributed by atoms with E-state index in [2.05, 4.69) is 49.7 Å². The molecule has 0 aliphatic carbocycles. The molecule has 0 amide bonds. The van der Waals surface area contributed by atoms with Crippen molar-refractivity contribution < 1.29 is 5.11 Å². The van der Waals surface area contributed by atoms with E-state index in [1.807, 2.05) is 12.1 Å². The van der Waals surface area contributed by atoms with Crippen LogP contribution in [0.1, 0.15) is 44.7 Å². The molecule has 3 rings (SSSR count). The van der Waals surface area contributed by atoms with Crippen molar-refractivity contribution in [2.45, 2.75) is 40.5 Å². The molecule has 2 N–H and O–H groups in total. The van der Waals surface area contributed by atoms with Gasteiger partial charge in [-0.3, -0.25) is 4.40 Å². The van der Waals surface area contributed by atoms with E-state index < -0.39 is 0 Å². The van der Waals surface area contributed by atoms with Gasteiger partial charge < -0.3 is 10.1 Å². The van der Waals surface area contributed by atoms with Gasteiger partial charge in [-0.1, -0.05) is 38.6 Å². The summed E-state index contributed by atoms with van der Waals surface area (Å²) in [6.07, 6.45) is 6.12. The van der Waals surface area contributed by atoms with E-state index in [1.54, 1.807) is 6.07 Å². The second-order valence-electron chi connectivity index (χ2n) is 6.06. The number of rotatable bonds is 3. The Morgan fingerprint density at radius 2 is 2.09 bits per heavy atom. The molecule has 3 aromatic rings. The van der Waals surface area contributed by atoms with Crippen molar-refractivity contribution in [2.75, 3.05) is 0 Å². The first kappa shape index (κ1) is 15.5. The minimum absolute atomic E-state index is 0.283. The lowest BCUT2D eigenvalue weighted by molar-refractivity contribution is 0.480. The van der Waals surface area contributed by atoms with E-state index in [9.17, 15) is 5.11 Å². The minimum atomic E-state index is 0.283. The smallest absolute Gasteiger partial charge is 0.141 e. The van der Waals surface area contributed by atoms with Crippen LogP contribution in [0.4, 0.5) is 0 Å². The van der Waals surface area contributed by atoms with Crippen molar-refractivity contribution in [3.8, 4) is 5.75 Å². The molecule has 2 aromatic heterocycles. The quantitative estimate of drug-likeness (QED) is 0.758. The zero-order valence-electron chi connectivity index (χ0n) is 14.3. The van der Waals surface area contributed by atoms with Crippen molar-refractivity contribution >= 4 is 34.4 Å². The van der Waals surface area contributed by atoms with Crippen molar-refractivity contribution in [1.82, 2.24) is 9.38 Å². The third-order valence-electron chi connectivity index (χ3n) is 4.62. The zero-order chi connectivity index (χ0) is 16.7. The van der Waals surface area contributed by atoms with Gasteiger partial charge in [0.25, 0.3) is 0 Å². The second kappa shape index (κ2) is 5.65. The maximum absolute atomic E-state index is 10.3. The number of nitrogens with one attached hydrogen (secondary N) is 1. The van der Waals surface area contributed by atoms with E-state index in [4.69, 9.17) is 0 Å². The summed E-state index contributed by atoms with van der Waals surface area (Å²) in [6, 6.07) is 3.71. The van der Waals surface area contributed by atoms with Crippen molar-refractivity contribution in [2.24, 2.45) is 0 Å². The first-order valence-electron chi connectivity index (χ1n) is 8.22. The lowest BCUT2D eigenvalue weighted by Crippen LogP contribution is -2.29. The molecular weight excluding hydrogens is 284 g/mol. The fourth-order valence-electron chi connectivity index (χ4n) is 3.37. The maximum atomic E-state index is 10.3. The molecule has 0 spiro atoms. The fraction of sp³-hybridized carbons (Fsp3) is 0.300. The Balaban J connectivity index is 2.77. The van der Waals surface area contributed by atoms with Crippen LogP contribution in [-0.2, 0) is 0 Å². The number of phenolic OH excluding ortho intramolecular Hbond substituents is 1. The van der Waals surface area contributed by atoms with Crippen LogP contribution in [0.5, 0.6) is 5.75 Å². The highest BCUT2D eigenvalue weighted by Crippen LogP contribution is 2.28. The Bertz CT molecular complexity index is 1030. The molecule has 0 bridgehead atoms. The van der Waals surface area contributed by atoms with Crippen LogP contribution in [0, 0.1) is 6.92 Å². The molecule has 3 nitrogen and oxygen atoms in total. The predicted octanol–water partition coefficient (Wildman–Crippen LogP) is 3.85. The highest BCUT2D eigenvalue weighted by Gasteiger charge is 2.16. The molecule has 120 valence electrons. The summed E-state index contributed by atoms with van der Waals surface area (Å²) >= 11 is 0. The van der Waals surface area contributed by atoms with Gasteiger partial charge in [-0.05, 0) is 43.9 Å². The number of aryl methyl sites for hydroxylation is 1. The summed E-state index contributed by atoms with van der Waals surface area (Å²) in [5.41, 5.74) is 6.41. The monoisotopic (exact) mass is 308 g/mol. The summed E-state index contributed by atoms with van der Waals surface area (Å²) in [5.74, 6) is 0.283. The topological polar surface area (TPSA) is 40.4 Å². The predicted molar refractivity (Wildman–Crippen MR) is 99.1 cm³/mol. The van der Waals surface area contributed by atoms with Gasteiger partial charge in [-0.2, -0.15) is 0 Å². The molecule has 0 fully saturated rings. The largest absolute Gasteiger partial charge is 0.506 e. The number of fused-ring (bicyclic) bond motifs is 3. The zero-order valence-corrected chi connectivity index (χ0v) is 14.3. The number of hydrogen-bond donors (Lipinski definition) is 2. The van der Waals surface area contributed by atoms with E-state index in [0.29, 0.717) is 0 Å². The van der Waals surface area contributed by atoms with Crippen LogP contribution < -0.4 is 10.6 Å². The number of hydrogen-bond acceptors (Lipinski definition) is 1. The first-order chi connectivity index (χ1) is 11.0. The number of imidazole rings is 1. The number of aromatic amines is 1. The molecule has 0 atom stereocenters. The van der Waals surface area contributed by atoms with Gasteiger partial charge in [0.05, 0.1) is 10.9 Å². The highest BCUT2D eigenvalue weighted by molar-refractivity contribution is 5.91. The fourth-order valence-corrected chi connectivity index (χ4v) is 3.37. The first-order valence-corrected chi connectivity index (χ1v) is 8.22. The number of aromatic nitrogens is 2. The van der Waals surface area contributed by atoms with Crippen molar-refractivity contribution in [3.05, 3.63) is 40.4 Å².